The summed E-state index contributed by atoms with van der Waals surface area (Å²) in [7, 11) is 0.861. The van der Waals surface area contributed by atoms with Gasteiger partial charge in [-0.2, -0.15) is 0 Å². The number of hydrogen-bond donors (Lipinski definition) is 1. The lowest BCUT2D eigenvalue weighted by Gasteiger charge is -2.30. The van der Waals surface area contributed by atoms with E-state index in [0.717, 1.165) is 32.2 Å². The molecule has 1 N–H and O–H groups in total. The van der Waals surface area contributed by atoms with Crippen LogP contribution in [0.3, 0.4) is 0 Å². The van der Waals surface area contributed by atoms with Gasteiger partial charge >= 0.3 is 0 Å². The van der Waals surface area contributed by atoms with Crippen molar-refractivity contribution in [1.82, 2.24) is 4.57 Å². The Morgan fingerprint density at radius 2 is 1.24 bits per heavy atom. The van der Waals surface area contributed by atoms with Crippen LogP contribution in [0.1, 0.15) is 111 Å². The fourth-order valence-corrected chi connectivity index (χ4v) is 13.6. The number of rotatable bonds is 3. The quantitative estimate of drug-likeness (QED) is 0.175. The Balaban J connectivity index is 1.14. The summed E-state index contributed by atoms with van der Waals surface area (Å²) in [6.45, 7) is 16.8. The summed E-state index contributed by atoms with van der Waals surface area (Å²) < 4.78 is 2.76. The molecule has 0 saturated heterocycles. The van der Waals surface area contributed by atoms with Crippen molar-refractivity contribution in [3.05, 3.63) is 184 Å². The predicted octanol–water partition coefficient (Wildman–Crippen LogP) is 14.3. The summed E-state index contributed by atoms with van der Waals surface area (Å²) in [6.07, 6.45) is 5.78. The number of nitrogens with one attached hydrogen (secondary N) is 1. The van der Waals surface area contributed by atoms with Gasteiger partial charge in [-0.1, -0.05) is 145 Å². The molecule has 0 radical (unpaired) electrons. The van der Waals surface area contributed by atoms with Gasteiger partial charge in [0.05, 0.1) is 5.52 Å². The van der Waals surface area contributed by atoms with Crippen LogP contribution in [0.25, 0.3) is 72.0 Å². The Morgan fingerprint density at radius 1 is 0.561 bits per heavy atom. The molecule has 9 aromatic rings. The molecule has 0 spiro atoms. The maximum Gasteiger partial charge on any atom is 0.198 e. The third kappa shape index (κ3) is 5.10. The van der Waals surface area contributed by atoms with Crippen molar-refractivity contribution in [3.8, 4) is 50.2 Å². The molecule has 0 atom stereocenters. The fraction of sp³-hybridized carbons (Fsp3) is 0.238. The van der Waals surface area contributed by atoms with Gasteiger partial charge in [0, 0.05) is 49.7 Å². The van der Waals surface area contributed by atoms with Gasteiger partial charge in [0.25, 0.3) is 0 Å². The first-order chi connectivity index (χ1) is 31.9. The van der Waals surface area contributed by atoms with Gasteiger partial charge < -0.3 is 9.88 Å². The highest BCUT2D eigenvalue weighted by Gasteiger charge is 2.44. The highest BCUT2D eigenvalue weighted by atomic mass is 15.0. The fourth-order valence-electron chi connectivity index (χ4n) is 13.6. The molecule has 1 aliphatic heterocycles. The van der Waals surface area contributed by atoms with Gasteiger partial charge in [-0.25, -0.2) is 0 Å². The van der Waals surface area contributed by atoms with Gasteiger partial charge in [-0.15, -0.1) is 0 Å². The number of benzene rings is 8. The van der Waals surface area contributed by atoms with Gasteiger partial charge in [0.15, 0.2) is 7.28 Å². The third-order valence-corrected chi connectivity index (χ3v) is 16.9. The number of anilines is 2. The molecule has 66 heavy (non-hydrogen) atoms. The summed E-state index contributed by atoms with van der Waals surface area (Å²) >= 11 is 0. The van der Waals surface area contributed by atoms with E-state index in [9.17, 15) is 0 Å². The largest absolute Gasteiger partial charge is 0.355 e. The Bertz CT molecular complexity index is 3640. The van der Waals surface area contributed by atoms with Gasteiger partial charge in [-0.3, -0.25) is 0 Å². The van der Waals surface area contributed by atoms with Crippen LogP contribution in [0.2, 0.25) is 0 Å². The first-order valence-corrected chi connectivity index (χ1v) is 24.6. The number of nitrogens with zero attached hydrogens (tertiary/aromatic N) is 1. The molecule has 0 saturated carbocycles. The molecule has 2 nitrogen and oxygen atoms in total. The predicted molar refractivity (Wildman–Crippen MR) is 281 cm³/mol. The van der Waals surface area contributed by atoms with Crippen LogP contribution in [0.15, 0.2) is 133 Å². The van der Waals surface area contributed by atoms with Crippen molar-refractivity contribution in [2.45, 2.75) is 96.8 Å². The van der Waals surface area contributed by atoms with E-state index in [-0.39, 0.29) is 16.2 Å². The molecular formula is C63H55BN2. The molecule has 4 aliphatic carbocycles. The minimum absolute atomic E-state index is 0.0774. The van der Waals surface area contributed by atoms with Gasteiger partial charge in [-0.05, 0) is 174 Å². The van der Waals surface area contributed by atoms with Gasteiger partial charge in [0.2, 0.25) is 0 Å². The molecule has 0 bridgehead atoms. The summed E-state index contributed by atoms with van der Waals surface area (Å²) in [5, 5.41) is 6.98. The smallest absolute Gasteiger partial charge is 0.198 e. The average Bonchev–Trinajstić information content (AvgIpc) is 3.98. The van der Waals surface area contributed by atoms with E-state index in [1.807, 2.05) is 0 Å². The van der Waals surface area contributed by atoms with Crippen molar-refractivity contribution in [2.75, 3.05) is 5.32 Å². The summed E-state index contributed by atoms with van der Waals surface area (Å²) in [5.74, 6) is 0. The van der Waals surface area contributed by atoms with Gasteiger partial charge in [0.1, 0.15) is 0 Å². The van der Waals surface area contributed by atoms with Crippen molar-refractivity contribution in [2.24, 2.45) is 0 Å². The van der Waals surface area contributed by atoms with Crippen LogP contribution in [-0.4, -0.2) is 11.8 Å². The van der Waals surface area contributed by atoms with E-state index in [4.69, 9.17) is 0 Å². The number of aromatic nitrogens is 1. The number of aryl methyl sites for hydroxylation is 2. The average molecular weight is 851 g/mol. The summed E-state index contributed by atoms with van der Waals surface area (Å²) in [6, 6.07) is 52.4. The van der Waals surface area contributed by atoms with Crippen molar-refractivity contribution < 1.29 is 0 Å². The van der Waals surface area contributed by atoms with Crippen LogP contribution in [0, 0.1) is 0 Å². The molecule has 5 aliphatic rings. The Hall–Kier alpha value is -6.58. The van der Waals surface area contributed by atoms with Crippen molar-refractivity contribution >= 4 is 51.4 Å². The lowest BCUT2D eigenvalue weighted by Crippen LogP contribution is -2.38. The molecule has 0 unspecified atom stereocenters. The highest BCUT2D eigenvalue weighted by Crippen LogP contribution is 2.58. The minimum Gasteiger partial charge on any atom is -0.355 e. The zero-order valence-corrected chi connectivity index (χ0v) is 39.4. The second-order valence-electron chi connectivity index (χ2n) is 22.4. The highest BCUT2D eigenvalue weighted by molar-refractivity contribution is 6.74. The Morgan fingerprint density at radius 3 is 2.00 bits per heavy atom. The second kappa shape index (κ2) is 13.1. The monoisotopic (exact) mass is 850 g/mol. The van der Waals surface area contributed by atoms with E-state index >= 15 is 0 Å². The zero-order valence-electron chi connectivity index (χ0n) is 39.4. The topological polar surface area (TPSA) is 17.0 Å². The lowest BCUT2D eigenvalue weighted by molar-refractivity contribution is 0.590. The van der Waals surface area contributed by atoms with E-state index in [1.165, 1.54) is 146 Å². The standard InChI is InChI=1S/C63H55BN2/c1-61(2,3)39-24-26-40(27-25-39)65-52-30-38-28-37-18-10-11-19-41(37)44(38)32-46(52)56-55-43-21-13-15-23-49(43)63(6,7)58(55)57-47-29-35-16-8-9-17-36(35)31-53(47)66-54-33-45-42-20-12-14-22-48(42)62(4,5)50(45)34-51(54)64-59(56)60(57)66/h10-15,18-27,29-34,64-65H,8-9,16-17,28H2,1-7H3. The molecule has 2 heterocycles. The van der Waals surface area contributed by atoms with Crippen LogP contribution in [0.4, 0.5) is 11.4 Å². The third-order valence-electron chi connectivity index (χ3n) is 16.9. The first kappa shape index (κ1) is 38.7. The first-order valence-electron chi connectivity index (χ1n) is 24.6. The zero-order chi connectivity index (χ0) is 44.6. The van der Waals surface area contributed by atoms with E-state index in [2.05, 4.69) is 192 Å². The molecule has 14 rings (SSSR count). The van der Waals surface area contributed by atoms with Crippen LogP contribution in [0.5, 0.6) is 0 Å². The normalized spacial score (nSPS) is 16.2. The number of hydrogen-bond acceptors (Lipinski definition) is 1. The van der Waals surface area contributed by atoms with E-state index < -0.39 is 0 Å². The lowest BCUT2D eigenvalue weighted by atomic mass is 9.57. The van der Waals surface area contributed by atoms with Crippen LogP contribution in [-0.2, 0) is 35.5 Å². The molecule has 320 valence electrons. The van der Waals surface area contributed by atoms with E-state index in [0.29, 0.717) is 0 Å². The van der Waals surface area contributed by atoms with Crippen molar-refractivity contribution in [1.29, 1.82) is 0 Å². The Labute approximate surface area is 390 Å². The molecule has 0 amide bonds. The summed E-state index contributed by atoms with van der Waals surface area (Å²) in [4.78, 5) is 0. The number of fused-ring (bicyclic) bond motifs is 16. The maximum absolute atomic E-state index is 4.10. The molecule has 0 fully saturated rings. The van der Waals surface area contributed by atoms with Crippen LogP contribution < -0.4 is 16.2 Å². The molecular weight excluding hydrogens is 796 g/mol. The Kier molecular flexibility index (Phi) is 7.66. The molecule has 3 heteroatoms. The minimum atomic E-state index is -0.227. The van der Waals surface area contributed by atoms with Crippen LogP contribution >= 0.6 is 0 Å². The second-order valence-corrected chi connectivity index (χ2v) is 22.4. The SMILES string of the molecule is CC(C)(C)c1ccc(Nc2cc3c(cc2-c2c4c(c5c6cc7c(cc6n6c5c2Bc2cc5c(cc2-6)-c2ccccc2C5(C)C)CCCC7)C(C)(C)c2ccccc2-4)-c2ccccc2C3)cc1. The molecule has 8 aromatic carbocycles. The molecule has 1 aromatic heterocycles. The maximum atomic E-state index is 4.10. The van der Waals surface area contributed by atoms with Crippen molar-refractivity contribution in [3.63, 3.8) is 0 Å². The summed E-state index contributed by atoms with van der Waals surface area (Å²) in [5.41, 5.74) is 33.0. The van der Waals surface area contributed by atoms with E-state index in [1.54, 1.807) is 5.56 Å².